The quantitative estimate of drug-likeness (QED) is 0.714. The summed E-state index contributed by atoms with van der Waals surface area (Å²) in [6, 6.07) is 8.05. The molecule has 0 radical (unpaired) electrons. The Morgan fingerprint density at radius 3 is 2.86 bits per heavy atom. The Balaban J connectivity index is 1.83. The van der Waals surface area contributed by atoms with Crippen LogP contribution < -0.4 is 10.1 Å². The van der Waals surface area contributed by atoms with E-state index in [0.717, 1.165) is 62.4 Å². The second-order valence-electron chi connectivity index (χ2n) is 5.84. The van der Waals surface area contributed by atoms with Gasteiger partial charge in [-0.15, -0.1) is 0 Å². The third kappa shape index (κ3) is 5.61. The average Bonchev–Trinajstić information content (AvgIpc) is 2.49. The highest BCUT2D eigenvalue weighted by molar-refractivity contribution is 9.10. The normalized spacial score (nSPS) is 17.6. The molecule has 21 heavy (non-hydrogen) atoms. The summed E-state index contributed by atoms with van der Waals surface area (Å²) in [4.78, 5) is 0. The first-order valence-corrected chi connectivity index (χ1v) is 8.70. The minimum absolute atomic E-state index is 0.333. The molecule has 1 fully saturated rings. The minimum Gasteiger partial charge on any atom is -0.494 e. The molecule has 118 valence electrons. The Kier molecular flexibility index (Phi) is 7.00. The fourth-order valence-corrected chi connectivity index (χ4v) is 3.17. The van der Waals surface area contributed by atoms with Crippen LogP contribution in [0.15, 0.2) is 28.7 Å². The van der Waals surface area contributed by atoms with E-state index in [1.54, 1.807) is 0 Å². The van der Waals surface area contributed by atoms with E-state index in [9.17, 15) is 0 Å². The predicted octanol–water partition coefficient (Wildman–Crippen LogP) is 4.01. The molecule has 1 aliphatic heterocycles. The largest absolute Gasteiger partial charge is 0.494 e. The van der Waals surface area contributed by atoms with Gasteiger partial charge in [0, 0.05) is 24.2 Å². The molecule has 0 aliphatic carbocycles. The molecule has 1 saturated heterocycles. The van der Waals surface area contributed by atoms with Crippen LogP contribution in [0.4, 0.5) is 0 Å². The van der Waals surface area contributed by atoms with Crippen molar-refractivity contribution in [2.24, 2.45) is 5.41 Å². The van der Waals surface area contributed by atoms with E-state index in [1.807, 2.05) is 24.3 Å². The first kappa shape index (κ1) is 16.8. The molecule has 1 aromatic rings. The molecular weight excluding hydrogens is 330 g/mol. The van der Waals surface area contributed by atoms with Gasteiger partial charge in [0.05, 0.1) is 6.61 Å². The standard InChI is InChI=1S/C17H26BrNO2/c1-2-9-19-14-17(6-10-20-11-7-17)8-12-21-16-5-3-4-15(18)13-16/h3-5,13,19H,2,6-12,14H2,1H3. The molecule has 2 rings (SSSR count). The number of halogens is 1. The molecule has 0 aromatic heterocycles. The lowest BCUT2D eigenvalue weighted by Crippen LogP contribution is -2.40. The molecule has 0 unspecified atom stereocenters. The maximum atomic E-state index is 5.92. The SMILES string of the molecule is CCCNCC1(CCOc2cccc(Br)c2)CCOCC1. The lowest BCUT2D eigenvalue weighted by atomic mass is 9.77. The number of benzene rings is 1. The van der Waals surface area contributed by atoms with Crippen LogP contribution in [0.25, 0.3) is 0 Å². The molecule has 1 aliphatic rings. The van der Waals surface area contributed by atoms with Crippen molar-refractivity contribution in [3.63, 3.8) is 0 Å². The maximum Gasteiger partial charge on any atom is 0.120 e. The van der Waals surface area contributed by atoms with Crippen LogP contribution in [0.1, 0.15) is 32.6 Å². The first-order valence-electron chi connectivity index (χ1n) is 7.91. The number of ether oxygens (including phenoxy) is 2. The molecule has 4 heteroatoms. The number of nitrogens with one attached hydrogen (secondary N) is 1. The highest BCUT2D eigenvalue weighted by Gasteiger charge is 2.32. The monoisotopic (exact) mass is 355 g/mol. The van der Waals surface area contributed by atoms with Gasteiger partial charge in [-0.25, -0.2) is 0 Å². The lowest BCUT2D eigenvalue weighted by molar-refractivity contribution is 0.00434. The first-order chi connectivity index (χ1) is 10.2. The molecule has 0 saturated carbocycles. The minimum atomic E-state index is 0.333. The van der Waals surface area contributed by atoms with Crippen molar-refractivity contribution in [1.82, 2.24) is 5.32 Å². The molecule has 3 nitrogen and oxygen atoms in total. The van der Waals surface area contributed by atoms with E-state index in [1.165, 1.54) is 6.42 Å². The van der Waals surface area contributed by atoms with Crippen LogP contribution >= 0.6 is 15.9 Å². The van der Waals surface area contributed by atoms with Gasteiger partial charge in [-0.3, -0.25) is 0 Å². The summed E-state index contributed by atoms with van der Waals surface area (Å²) in [6.45, 7) is 6.90. The zero-order valence-corrected chi connectivity index (χ0v) is 14.5. The Morgan fingerprint density at radius 2 is 2.14 bits per heavy atom. The summed E-state index contributed by atoms with van der Waals surface area (Å²) >= 11 is 3.48. The molecule has 0 atom stereocenters. The zero-order valence-electron chi connectivity index (χ0n) is 12.9. The second kappa shape index (κ2) is 8.76. The summed E-state index contributed by atoms with van der Waals surface area (Å²) < 4.78 is 12.5. The van der Waals surface area contributed by atoms with Crippen LogP contribution in [0.5, 0.6) is 5.75 Å². The van der Waals surface area contributed by atoms with Crippen LogP contribution in [0.3, 0.4) is 0 Å². The third-order valence-corrected chi connectivity index (χ3v) is 4.67. The summed E-state index contributed by atoms with van der Waals surface area (Å²) in [6.07, 6.45) is 4.53. The lowest BCUT2D eigenvalue weighted by Gasteiger charge is -2.37. The Bertz CT molecular complexity index is 419. The van der Waals surface area contributed by atoms with Crippen molar-refractivity contribution < 1.29 is 9.47 Å². The van der Waals surface area contributed by atoms with Gasteiger partial charge in [0.2, 0.25) is 0 Å². The smallest absolute Gasteiger partial charge is 0.120 e. The van der Waals surface area contributed by atoms with E-state index < -0.39 is 0 Å². The Labute approximate surface area is 136 Å². The van der Waals surface area contributed by atoms with Crippen LogP contribution in [0.2, 0.25) is 0 Å². The van der Waals surface area contributed by atoms with Gasteiger partial charge in [-0.2, -0.15) is 0 Å². The van der Waals surface area contributed by atoms with Gasteiger partial charge < -0.3 is 14.8 Å². The van der Waals surface area contributed by atoms with Gasteiger partial charge in [0.15, 0.2) is 0 Å². The van der Waals surface area contributed by atoms with Gasteiger partial charge in [-0.05, 0) is 55.8 Å². The summed E-state index contributed by atoms with van der Waals surface area (Å²) in [7, 11) is 0. The molecule has 0 spiro atoms. The van der Waals surface area contributed by atoms with Gasteiger partial charge in [0.1, 0.15) is 5.75 Å². The topological polar surface area (TPSA) is 30.5 Å². The van der Waals surface area contributed by atoms with Gasteiger partial charge in [0.25, 0.3) is 0 Å². The van der Waals surface area contributed by atoms with E-state index in [-0.39, 0.29) is 0 Å². The summed E-state index contributed by atoms with van der Waals surface area (Å²) in [5.74, 6) is 0.938. The third-order valence-electron chi connectivity index (χ3n) is 4.18. The van der Waals surface area contributed by atoms with Crippen molar-refractivity contribution in [2.45, 2.75) is 32.6 Å². The van der Waals surface area contributed by atoms with Crippen LogP contribution in [0, 0.1) is 5.41 Å². The summed E-state index contributed by atoms with van der Waals surface area (Å²) in [5.41, 5.74) is 0.333. The van der Waals surface area contributed by atoms with Crippen LogP contribution in [-0.2, 0) is 4.74 Å². The number of hydrogen-bond acceptors (Lipinski definition) is 3. The Hall–Kier alpha value is -0.580. The highest BCUT2D eigenvalue weighted by atomic mass is 79.9. The average molecular weight is 356 g/mol. The molecule has 0 bridgehead atoms. The van der Waals surface area contributed by atoms with Crippen molar-refractivity contribution in [1.29, 1.82) is 0 Å². The second-order valence-corrected chi connectivity index (χ2v) is 6.76. The maximum absolute atomic E-state index is 5.92. The molecule has 1 N–H and O–H groups in total. The highest BCUT2D eigenvalue weighted by Crippen LogP contribution is 2.33. The van der Waals surface area contributed by atoms with Crippen LogP contribution in [-0.4, -0.2) is 32.9 Å². The van der Waals surface area contributed by atoms with Crippen molar-refractivity contribution >= 4 is 15.9 Å². The van der Waals surface area contributed by atoms with E-state index in [4.69, 9.17) is 9.47 Å². The molecule has 0 amide bonds. The van der Waals surface area contributed by atoms with E-state index >= 15 is 0 Å². The Morgan fingerprint density at radius 1 is 1.33 bits per heavy atom. The fourth-order valence-electron chi connectivity index (χ4n) is 2.79. The number of hydrogen-bond donors (Lipinski definition) is 1. The molecular formula is C17H26BrNO2. The van der Waals surface area contributed by atoms with Crippen molar-refractivity contribution in [3.8, 4) is 5.75 Å². The van der Waals surface area contributed by atoms with Crippen molar-refractivity contribution in [3.05, 3.63) is 28.7 Å². The number of rotatable bonds is 8. The van der Waals surface area contributed by atoms with Crippen molar-refractivity contribution in [2.75, 3.05) is 32.9 Å². The van der Waals surface area contributed by atoms with E-state index in [0.29, 0.717) is 5.41 Å². The van der Waals surface area contributed by atoms with Gasteiger partial charge in [-0.1, -0.05) is 28.9 Å². The van der Waals surface area contributed by atoms with Gasteiger partial charge >= 0.3 is 0 Å². The summed E-state index contributed by atoms with van der Waals surface area (Å²) in [5, 5.41) is 3.58. The molecule has 1 heterocycles. The fraction of sp³-hybridized carbons (Fsp3) is 0.647. The van der Waals surface area contributed by atoms with E-state index in [2.05, 4.69) is 28.2 Å². The predicted molar refractivity (Wildman–Crippen MR) is 89.9 cm³/mol. The molecule has 1 aromatic carbocycles. The zero-order chi connectivity index (χ0) is 15.0.